The molecule has 5 aliphatic rings. The van der Waals surface area contributed by atoms with E-state index in [0.717, 1.165) is 36.8 Å². The van der Waals surface area contributed by atoms with Gasteiger partial charge in [0.05, 0.1) is 23.7 Å². The Morgan fingerprint density at radius 3 is 0.906 bits per heavy atom. The van der Waals surface area contributed by atoms with Crippen LogP contribution in [-0.2, 0) is 0 Å². The zero-order valence-corrected chi connectivity index (χ0v) is 43.3. The smallest absolute Gasteiger partial charge is 0.145 e. The second-order valence-corrected chi connectivity index (χ2v) is 33.0. The zero-order chi connectivity index (χ0) is 45.8. The summed E-state index contributed by atoms with van der Waals surface area (Å²) in [4.78, 5) is 0. The Hall–Kier alpha value is -3.57. The molecule has 3 fully saturated rings. The molecule has 6 heteroatoms. The molecule has 8 bridgehead atoms. The molecule has 12 unspecified atom stereocenters. The number of benzene rings is 2. The second kappa shape index (κ2) is 20.9. The normalized spacial score (nSPS) is 31.2. The first-order valence-corrected chi connectivity index (χ1v) is 29.7. The van der Waals surface area contributed by atoms with Crippen LogP contribution in [0.25, 0.3) is 0 Å². The Bertz CT molecular complexity index is 1990. The van der Waals surface area contributed by atoms with Crippen LogP contribution in [0.5, 0.6) is 0 Å². The van der Waals surface area contributed by atoms with E-state index in [1.54, 1.807) is 0 Å². The van der Waals surface area contributed by atoms with Gasteiger partial charge in [-0.1, -0.05) is 167 Å². The van der Waals surface area contributed by atoms with E-state index in [-0.39, 0.29) is 72.0 Å². The molecular weight excluding hydrogens is 809 g/mol. The van der Waals surface area contributed by atoms with Crippen molar-refractivity contribution in [1.82, 2.24) is 21.3 Å². The van der Waals surface area contributed by atoms with Crippen LogP contribution in [0.3, 0.4) is 0 Å². The average Bonchev–Trinajstić information content (AvgIpc) is 4.11. The molecule has 0 aliphatic carbocycles. The minimum atomic E-state index is -1.98. The molecule has 340 valence electrons. The SMILES string of the molecule is CC(C)[Si](C#CC1C2C=CC(N2)C(C#Cc2ccccc2)C2CCC(N2)C(C#C[Si](C(C)C)(C(C)C)C(C)C)C2C=CC(N2)C(C#Cc2ccccc2)C2CCC1N2)(C(C)C)C(C)C. The maximum atomic E-state index is 4.28. The molecule has 7 rings (SSSR count). The lowest BCUT2D eigenvalue weighted by Gasteiger charge is -2.39. The maximum Gasteiger partial charge on any atom is 0.145 e. The average molecular weight is 889 g/mol. The van der Waals surface area contributed by atoms with E-state index in [1.165, 1.54) is 0 Å². The van der Waals surface area contributed by atoms with Gasteiger partial charge in [0.25, 0.3) is 0 Å². The van der Waals surface area contributed by atoms with Crippen LogP contribution >= 0.6 is 0 Å². The fourth-order valence-corrected chi connectivity index (χ4v) is 23.8. The van der Waals surface area contributed by atoms with Gasteiger partial charge in [0.1, 0.15) is 16.1 Å². The molecule has 0 saturated carbocycles. The van der Waals surface area contributed by atoms with Crippen molar-refractivity contribution < 1.29 is 0 Å². The van der Waals surface area contributed by atoms with Gasteiger partial charge in [-0.3, -0.25) is 0 Å². The van der Waals surface area contributed by atoms with Crippen LogP contribution in [0.15, 0.2) is 85.0 Å². The first-order valence-electron chi connectivity index (χ1n) is 25.2. The lowest BCUT2D eigenvalue weighted by Crippen LogP contribution is -2.53. The monoisotopic (exact) mass is 889 g/mol. The molecule has 2 aromatic rings. The molecule has 0 spiro atoms. The summed E-state index contributed by atoms with van der Waals surface area (Å²) >= 11 is 0. The van der Waals surface area contributed by atoms with Crippen molar-refractivity contribution in [3.05, 3.63) is 96.1 Å². The molecule has 64 heavy (non-hydrogen) atoms. The predicted molar refractivity (Wildman–Crippen MR) is 278 cm³/mol. The molecule has 5 heterocycles. The van der Waals surface area contributed by atoms with Crippen LogP contribution in [-0.4, -0.2) is 64.5 Å². The maximum absolute atomic E-state index is 4.28. The second-order valence-electron chi connectivity index (χ2n) is 21.8. The van der Waals surface area contributed by atoms with Crippen LogP contribution in [0.4, 0.5) is 0 Å². The van der Waals surface area contributed by atoms with Gasteiger partial charge in [0.15, 0.2) is 0 Å². The van der Waals surface area contributed by atoms with Gasteiger partial charge >= 0.3 is 0 Å². The third-order valence-corrected chi connectivity index (χ3v) is 29.1. The van der Waals surface area contributed by atoms with E-state index in [0.29, 0.717) is 33.2 Å². The van der Waals surface area contributed by atoms with Gasteiger partial charge in [-0.2, -0.15) is 0 Å². The summed E-state index contributed by atoms with van der Waals surface area (Å²) in [6.45, 7) is 29.2. The van der Waals surface area contributed by atoms with Crippen LogP contribution < -0.4 is 21.3 Å². The van der Waals surface area contributed by atoms with E-state index < -0.39 is 16.1 Å². The van der Waals surface area contributed by atoms with E-state index in [1.807, 2.05) is 0 Å². The highest BCUT2D eigenvalue weighted by molar-refractivity contribution is 6.91. The van der Waals surface area contributed by atoms with Gasteiger partial charge in [-0.15, -0.1) is 22.9 Å². The molecule has 0 amide bonds. The molecule has 3 saturated heterocycles. The molecular formula is C58H80N4Si2. The largest absolute Gasteiger partial charge is 0.309 e. The molecule has 2 aromatic carbocycles. The minimum Gasteiger partial charge on any atom is -0.309 e. The summed E-state index contributed by atoms with van der Waals surface area (Å²) in [5.41, 5.74) is 14.0. The van der Waals surface area contributed by atoms with Crippen molar-refractivity contribution in [2.45, 2.75) is 190 Å². The minimum absolute atomic E-state index is 0.0919. The van der Waals surface area contributed by atoms with E-state index in [9.17, 15) is 0 Å². The van der Waals surface area contributed by atoms with Crippen molar-refractivity contribution in [2.24, 2.45) is 23.7 Å². The third kappa shape index (κ3) is 10.1. The van der Waals surface area contributed by atoms with Gasteiger partial charge in [0, 0.05) is 59.5 Å². The number of rotatable bonds is 6. The first-order chi connectivity index (χ1) is 30.6. The summed E-state index contributed by atoms with van der Waals surface area (Å²) in [6.07, 6.45) is 14.1. The summed E-state index contributed by atoms with van der Waals surface area (Å²) < 4.78 is 0. The Morgan fingerprint density at radius 2 is 0.641 bits per heavy atom. The molecule has 0 aromatic heterocycles. The van der Waals surface area contributed by atoms with Gasteiger partial charge < -0.3 is 21.3 Å². The molecule has 0 radical (unpaired) electrons. The topological polar surface area (TPSA) is 48.1 Å². The van der Waals surface area contributed by atoms with Crippen molar-refractivity contribution >= 4 is 16.1 Å². The lowest BCUT2D eigenvalue weighted by molar-refractivity contribution is 0.299. The van der Waals surface area contributed by atoms with Crippen molar-refractivity contribution in [1.29, 1.82) is 0 Å². The van der Waals surface area contributed by atoms with Crippen molar-refractivity contribution in [3.8, 4) is 46.6 Å². The van der Waals surface area contributed by atoms with E-state index in [2.05, 4.69) is 236 Å². The Morgan fingerprint density at radius 1 is 0.375 bits per heavy atom. The Labute approximate surface area is 392 Å². The van der Waals surface area contributed by atoms with Gasteiger partial charge in [-0.25, -0.2) is 0 Å². The molecule has 12 atom stereocenters. The Balaban J connectivity index is 1.34. The van der Waals surface area contributed by atoms with E-state index >= 15 is 0 Å². The Kier molecular flexibility index (Phi) is 15.8. The van der Waals surface area contributed by atoms with Crippen LogP contribution in [0.1, 0.15) is 120 Å². The standard InChI is InChI=1S/C58H80N4Si2/c1-39(2)63(40(3)4,41(5)6)37-35-49-55-31-27-51(59-55)47(25-23-45-19-15-13-16-20-45)53-29-33-57(61-53)50(36-38-64(42(7)8,43(9)10)44(11)12)58-34-30-54(62-58)48(52-28-32-56(49)60-52)26-24-46-21-17-14-18-22-46/h13-22,27,30-31,34,39-44,47-62H,28-29,32-33H2,1-12H3. The highest BCUT2D eigenvalue weighted by atomic mass is 28.3. The summed E-state index contributed by atoms with van der Waals surface area (Å²) in [7, 11) is -3.97. The quantitative estimate of drug-likeness (QED) is 0.133. The lowest BCUT2D eigenvalue weighted by atomic mass is 9.89. The van der Waals surface area contributed by atoms with Crippen molar-refractivity contribution in [3.63, 3.8) is 0 Å². The molecule has 4 nitrogen and oxygen atoms in total. The van der Waals surface area contributed by atoms with Gasteiger partial charge in [0.2, 0.25) is 0 Å². The highest BCUT2D eigenvalue weighted by Crippen LogP contribution is 2.43. The number of nitrogens with one attached hydrogen (secondary N) is 4. The summed E-state index contributed by atoms with van der Waals surface area (Å²) in [5, 5.41) is 17.0. The van der Waals surface area contributed by atoms with E-state index in [4.69, 9.17) is 0 Å². The first kappa shape index (κ1) is 48.4. The summed E-state index contributed by atoms with van der Waals surface area (Å²) in [5.74, 6) is 23.8. The number of hydrogen-bond acceptors (Lipinski definition) is 4. The fourth-order valence-electron chi connectivity index (χ4n) is 13.2. The highest BCUT2D eigenvalue weighted by Gasteiger charge is 2.48. The number of hydrogen-bond donors (Lipinski definition) is 4. The zero-order valence-electron chi connectivity index (χ0n) is 41.3. The predicted octanol–water partition coefficient (Wildman–Crippen LogP) is 11.0. The van der Waals surface area contributed by atoms with Crippen molar-refractivity contribution in [2.75, 3.05) is 0 Å². The molecule has 4 N–H and O–H groups in total. The van der Waals surface area contributed by atoms with Gasteiger partial charge in [-0.05, 0) is 83.2 Å². The van der Waals surface area contributed by atoms with Crippen LogP contribution in [0, 0.1) is 70.3 Å². The molecule has 5 aliphatic heterocycles. The third-order valence-electron chi connectivity index (χ3n) is 16.5. The fraction of sp³-hybridized carbons (Fsp3) is 0.586. The number of fused-ring (bicyclic) bond motifs is 8. The summed E-state index contributed by atoms with van der Waals surface area (Å²) in [6, 6.07) is 22.5. The van der Waals surface area contributed by atoms with Crippen LogP contribution in [0.2, 0.25) is 33.2 Å².